The van der Waals surface area contributed by atoms with Gasteiger partial charge in [-0.2, -0.15) is 0 Å². The van der Waals surface area contributed by atoms with Crippen LogP contribution in [0.4, 0.5) is 0 Å². The molecule has 0 unspecified atom stereocenters. The second-order valence-corrected chi connectivity index (χ2v) is 9.56. The Morgan fingerprint density at radius 2 is 1.34 bits per heavy atom. The van der Waals surface area contributed by atoms with Crippen molar-refractivity contribution in [3.8, 4) is 5.75 Å². The smallest absolute Gasteiger partial charge is 0.307 e. The molecule has 0 radical (unpaired) electrons. The molecular formula is C27H35ClN2O5. The third-order valence-electron chi connectivity index (χ3n) is 7.18. The average molecular weight is 503 g/mol. The number of carbonyl (C=O) groups is 2. The molecule has 0 saturated carbocycles. The Bertz CT molecular complexity index is 910. The molecular weight excluding hydrogens is 468 g/mol. The zero-order valence-electron chi connectivity index (χ0n) is 19.8. The highest BCUT2D eigenvalue weighted by atomic mass is 35.5. The quantitative estimate of drug-likeness (QED) is 0.373. The highest BCUT2D eigenvalue weighted by Gasteiger charge is 2.31. The van der Waals surface area contributed by atoms with E-state index in [1.54, 1.807) is 0 Å². The first-order valence-electron chi connectivity index (χ1n) is 12.2. The van der Waals surface area contributed by atoms with E-state index in [9.17, 15) is 19.8 Å². The molecule has 0 spiro atoms. The van der Waals surface area contributed by atoms with Gasteiger partial charge in [-0.1, -0.05) is 36.4 Å². The van der Waals surface area contributed by atoms with Crippen LogP contribution >= 0.6 is 12.4 Å². The van der Waals surface area contributed by atoms with Gasteiger partial charge in [-0.05, 0) is 92.5 Å². The first kappa shape index (κ1) is 27.0. The summed E-state index contributed by atoms with van der Waals surface area (Å²) in [5, 5.41) is 25.9. The van der Waals surface area contributed by atoms with E-state index in [0.717, 1.165) is 55.7 Å². The average Bonchev–Trinajstić information content (AvgIpc) is 3.55. The second-order valence-electron chi connectivity index (χ2n) is 9.56. The lowest BCUT2D eigenvalue weighted by Crippen LogP contribution is -2.27. The Hall–Kier alpha value is -2.61. The molecule has 2 aliphatic heterocycles. The maximum atomic E-state index is 11.8. The Balaban J connectivity index is 0.00000342. The van der Waals surface area contributed by atoms with E-state index in [1.165, 1.54) is 0 Å². The van der Waals surface area contributed by atoms with Crippen molar-refractivity contribution in [2.45, 2.75) is 32.3 Å². The van der Waals surface area contributed by atoms with E-state index in [0.29, 0.717) is 25.2 Å². The van der Waals surface area contributed by atoms with E-state index in [1.807, 2.05) is 48.5 Å². The van der Waals surface area contributed by atoms with Crippen LogP contribution < -0.4 is 15.4 Å². The minimum atomic E-state index is -0.745. The number of hydrogen-bond acceptors (Lipinski definition) is 5. The van der Waals surface area contributed by atoms with Gasteiger partial charge in [0.25, 0.3) is 0 Å². The molecule has 2 fully saturated rings. The Kier molecular flexibility index (Phi) is 9.95. The van der Waals surface area contributed by atoms with Crippen LogP contribution in [-0.2, 0) is 29.0 Å². The van der Waals surface area contributed by atoms with E-state index >= 15 is 0 Å². The van der Waals surface area contributed by atoms with Gasteiger partial charge >= 0.3 is 11.9 Å². The fourth-order valence-corrected chi connectivity index (χ4v) is 5.24. The molecule has 2 heterocycles. The number of rotatable bonds is 11. The summed E-state index contributed by atoms with van der Waals surface area (Å²) in [6.07, 6.45) is 2.79. The lowest BCUT2D eigenvalue weighted by atomic mass is 9.86. The molecule has 2 saturated heterocycles. The van der Waals surface area contributed by atoms with Crippen LogP contribution in [-0.4, -0.2) is 48.3 Å². The number of halogens is 1. The number of carboxylic acid groups (broad SMARTS) is 2. The zero-order valence-corrected chi connectivity index (χ0v) is 20.6. The fraction of sp³-hybridized carbons (Fsp3) is 0.481. The maximum absolute atomic E-state index is 11.8. The first-order valence-corrected chi connectivity index (χ1v) is 12.2. The standard InChI is InChI=1S/C27H34N2O5.ClH/c30-26(31)24(21-7-9-28-15-21)13-18-3-1-5-20(11-18)17-34-23-6-2-4-19(12-23)14-25(27(32)33)22-8-10-29-16-22;/h1-6,11-12,21-22,24-25,28-29H,7-10,13-17H2,(H,30,31)(H,32,33);1H/t21-,22-,24-,25-;/m0./s1. The SMILES string of the molecule is Cl.O=C(O)[C@@H](Cc1cccc(COc2cccc(C[C@H](C(=O)O)[C@H]3CCNC3)c2)c1)[C@H]1CCNC1. The molecule has 0 bridgehead atoms. The Morgan fingerprint density at radius 1 is 0.829 bits per heavy atom. The Morgan fingerprint density at radius 3 is 1.86 bits per heavy atom. The van der Waals surface area contributed by atoms with Crippen molar-refractivity contribution in [1.29, 1.82) is 0 Å². The van der Waals surface area contributed by atoms with Gasteiger partial charge in [0.05, 0.1) is 11.8 Å². The largest absolute Gasteiger partial charge is 0.489 e. The molecule has 4 atom stereocenters. The molecule has 2 aromatic carbocycles. The molecule has 7 nitrogen and oxygen atoms in total. The van der Waals surface area contributed by atoms with Crippen molar-refractivity contribution in [3.63, 3.8) is 0 Å². The highest BCUT2D eigenvalue weighted by Crippen LogP contribution is 2.26. The van der Waals surface area contributed by atoms with Crippen LogP contribution in [0.15, 0.2) is 48.5 Å². The molecule has 190 valence electrons. The van der Waals surface area contributed by atoms with Crippen molar-refractivity contribution in [3.05, 3.63) is 65.2 Å². The van der Waals surface area contributed by atoms with Crippen molar-refractivity contribution < 1.29 is 24.5 Å². The third kappa shape index (κ3) is 7.43. The lowest BCUT2D eigenvalue weighted by Gasteiger charge is -2.19. The topological polar surface area (TPSA) is 108 Å². The molecule has 0 aromatic heterocycles. The monoisotopic (exact) mass is 502 g/mol. The summed E-state index contributed by atoms with van der Waals surface area (Å²) in [5.74, 6) is -1.25. The van der Waals surface area contributed by atoms with Crippen molar-refractivity contribution in [2.75, 3.05) is 26.2 Å². The van der Waals surface area contributed by atoms with Gasteiger partial charge in [0, 0.05) is 0 Å². The van der Waals surface area contributed by atoms with Crippen LogP contribution in [0.2, 0.25) is 0 Å². The summed E-state index contributed by atoms with van der Waals surface area (Å²) >= 11 is 0. The molecule has 0 aliphatic carbocycles. The van der Waals surface area contributed by atoms with Crippen LogP contribution in [0.5, 0.6) is 5.75 Å². The van der Waals surface area contributed by atoms with Crippen LogP contribution in [0.3, 0.4) is 0 Å². The normalized spacial score (nSPS) is 21.1. The number of benzene rings is 2. The van der Waals surface area contributed by atoms with E-state index in [2.05, 4.69) is 10.6 Å². The number of ether oxygens (including phenoxy) is 1. The lowest BCUT2D eigenvalue weighted by molar-refractivity contribution is -0.144. The minimum Gasteiger partial charge on any atom is -0.489 e. The van der Waals surface area contributed by atoms with Gasteiger partial charge in [0.2, 0.25) is 0 Å². The van der Waals surface area contributed by atoms with E-state index in [-0.39, 0.29) is 30.2 Å². The highest BCUT2D eigenvalue weighted by molar-refractivity contribution is 5.85. The molecule has 0 amide bonds. The minimum absolute atomic E-state index is 0. The van der Waals surface area contributed by atoms with Gasteiger partial charge in [-0.3, -0.25) is 9.59 Å². The summed E-state index contributed by atoms with van der Waals surface area (Å²) in [6.45, 7) is 3.64. The summed E-state index contributed by atoms with van der Waals surface area (Å²) in [6, 6.07) is 15.6. The van der Waals surface area contributed by atoms with Crippen LogP contribution in [0, 0.1) is 23.7 Å². The van der Waals surface area contributed by atoms with E-state index < -0.39 is 17.9 Å². The summed E-state index contributed by atoms with van der Waals surface area (Å²) in [4.78, 5) is 23.6. The molecule has 2 aromatic rings. The number of hydrogen-bond donors (Lipinski definition) is 4. The van der Waals surface area contributed by atoms with Crippen LogP contribution in [0.1, 0.15) is 29.5 Å². The van der Waals surface area contributed by atoms with E-state index in [4.69, 9.17) is 4.74 Å². The molecule has 35 heavy (non-hydrogen) atoms. The Labute approximate surface area is 212 Å². The van der Waals surface area contributed by atoms with Crippen molar-refractivity contribution in [1.82, 2.24) is 10.6 Å². The van der Waals surface area contributed by atoms with Gasteiger partial charge in [0.15, 0.2) is 0 Å². The molecule has 8 heteroatoms. The van der Waals surface area contributed by atoms with Gasteiger partial charge in [-0.15, -0.1) is 12.4 Å². The summed E-state index contributed by atoms with van der Waals surface area (Å²) in [7, 11) is 0. The number of nitrogens with one attached hydrogen (secondary N) is 2. The van der Waals surface area contributed by atoms with Crippen molar-refractivity contribution in [2.24, 2.45) is 23.7 Å². The molecule has 4 rings (SSSR count). The zero-order chi connectivity index (χ0) is 23.9. The number of aliphatic carboxylic acids is 2. The predicted molar refractivity (Wildman–Crippen MR) is 136 cm³/mol. The molecule has 2 aliphatic rings. The first-order chi connectivity index (χ1) is 16.5. The number of carboxylic acids is 2. The maximum Gasteiger partial charge on any atom is 0.307 e. The van der Waals surface area contributed by atoms with Gasteiger partial charge in [-0.25, -0.2) is 0 Å². The predicted octanol–water partition coefficient (Wildman–Crippen LogP) is 3.39. The van der Waals surface area contributed by atoms with Gasteiger partial charge in [0.1, 0.15) is 12.4 Å². The van der Waals surface area contributed by atoms with Gasteiger partial charge < -0.3 is 25.6 Å². The fourth-order valence-electron chi connectivity index (χ4n) is 5.24. The van der Waals surface area contributed by atoms with Crippen molar-refractivity contribution >= 4 is 24.3 Å². The summed E-state index contributed by atoms with van der Waals surface area (Å²) < 4.78 is 6.02. The van der Waals surface area contributed by atoms with Crippen LogP contribution in [0.25, 0.3) is 0 Å². The molecule has 4 N–H and O–H groups in total. The third-order valence-corrected chi connectivity index (χ3v) is 7.18. The second kappa shape index (κ2) is 12.9. The summed E-state index contributed by atoms with van der Waals surface area (Å²) in [5.41, 5.74) is 2.95.